The van der Waals surface area contributed by atoms with Crippen molar-refractivity contribution < 1.29 is 14.8 Å². The summed E-state index contributed by atoms with van der Waals surface area (Å²) in [5, 5.41) is 22.9. The number of aromatic carboxylic acids is 1. The molecule has 0 aliphatic carbocycles. The maximum Gasteiger partial charge on any atom is 0.335 e. The Bertz CT molecular complexity index is 655. The van der Waals surface area contributed by atoms with Gasteiger partial charge in [-0.05, 0) is 19.1 Å². The normalized spacial score (nSPS) is 10.2. The topological polar surface area (TPSA) is 118 Å². The molecule has 1 aromatic heterocycles. The first-order chi connectivity index (χ1) is 8.97. The van der Waals surface area contributed by atoms with Gasteiger partial charge in [-0.3, -0.25) is 10.1 Å². The molecule has 0 saturated heterocycles. The van der Waals surface area contributed by atoms with Crippen LogP contribution in [0.5, 0.6) is 0 Å². The molecule has 98 valence electrons. The monoisotopic (exact) mass is 280 g/mol. The summed E-state index contributed by atoms with van der Waals surface area (Å²) in [6, 6.07) is 3.61. The van der Waals surface area contributed by atoms with Gasteiger partial charge in [0.1, 0.15) is 11.5 Å². The third-order valence-electron chi connectivity index (χ3n) is 2.21. The summed E-state index contributed by atoms with van der Waals surface area (Å²) >= 11 is 1.06. The minimum absolute atomic E-state index is 0.148. The molecule has 0 aliphatic heterocycles. The van der Waals surface area contributed by atoms with Crippen molar-refractivity contribution in [2.45, 2.75) is 6.92 Å². The van der Waals surface area contributed by atoms with Gasteiger partial charge in [-0.1, -0.05) is 0 Å². The number of rotatable bonds is 4. The number of hydrogen-bond acceptors (Lipinski definition) is 7. The van der Waals surface area contributed by atoms with E-state index >= 15 is 0 Å². The van der Waals surface area contributed by atoms with E-state index < -0.39 is 10.9 Å². The van der Waals surface area contributed by atoms with Gasteiger partial charge in [-0.2, -0.15) is 4.37 Å². The van der Waals surface area contributed by atoms with E-state index in [9.17, 15) is 14.9 Å². The quantitative estimate of drug-likeness (QED) is 0.650. The average Bonchev–Trinajstić information content (AvgIpc) is 2.74. The van der Waals surface area contributed by atoms with Crippen LogP contribution in [0.15, 0.2) is 18.2 Å². The summed E-state index contributed by atoms with van der Waals surface area (Å²) < 4.78 is 3.94. The number of aryl methyl sites for hydroxylation is 1. The second-order valence-electron chi connectivity index (χ2n) is 3.57. The molecule has 9 heteroatoms. The summed E-state index contributed by atoms with van der Waals surface area (Å²) in [5.74, 6) is -0.668. The second kappa shape index (κ2) is 4.98. The van der Waals surface area contributed by atoms with E-state index in [0.717, 1.165) is 17.6 Å². The number of hydrogen-bond donors (Lipinski definition) is 2. The first-order valence-corrected chi connectivity index (χ1v) is 5.84. The van der Waals surface area contributed by atoms with E-state index in [2.05, 4.69) is 14.7 Å². The van der Waals surface area contributed by atoms with Crippen molar-refractivity contribution in [3.63, 3.8) is 0 Å². The Morgan fingerprint density at radius 3 is 2.79 bits per heavy atom. The highest BCUT2D eigenvalue weighted by Gasteiger charge is 2.18. The lowest BCUT2D eigenvalue weighted by molar-refractivity contribution is -0.383. The molecule has 19 heavy (non-hydrogen) atoms. The number of carboxylic acids is 1. The second-order valence-corrected chi connectivity index (χ2v) is 4.32. The fraction of sp³-hybridized carbons (Fsp3) is 0.100. The number of nitrogens with one attached hydrogen (secondary N) is 1. The Labute approximate surface area is 111 Å². The maximum absolute atomic E-state index is 10.9. The van der Waals surface area contributed by atoms with Crippen LogP contribution in [-0.4, -0.2) is 25.4 Å². The molecule has 0 aliphatic rings. The molecular formula is C10H8N4O4S. The van der Waals surface area contributed by atoms with Gasteiger partial charge in [-0.15, -0.1) is 0 Å². The molecule has 0 amide bonds. The molecule has 1 aromatic carbocycles. The number of nitro groups is 1. The highest BCUT2D eigenvalue weighted by atomic mass is 32.1. The molecule has 1 heterocycles. The zero-order valence-electron chi connectivity index (χ0n) is 9.65. The van der Waals surface area contributed by atoms with Gasteiger partial charge in [0, 0.05) is 17.6 Å². The minimum atomic E-state index is -1.22. The van der Waals surface area contributed by atoms with Crippen LogP contribution in [-0.2, 0) is 0 Å². The van der Waals surface area contributed by atoms with Gasteiger partial charge >= 0.3 is 5.97 Å². The smallest absolute Gasteiger partial charge is 0.335 e. The number of anilines is 2. The molecule has 0 spiro atoms. The summed E-state index contributed by atoms with van der Waals surface area (Å²) in [6.07, 6.45) is 0. The van der Waals surface area contributed by atoms with Gasteiger partial charge in [0.15, 0.2) is 0 Å². The van der Waals surface area contributed by atoms with Gasteiger partial charge in [0.05, 0.1) is 10.5 Å². The molecule has 8 nitrogen and oxygen atoms in total. The zero-order valence-corrected chi connectivity index (χ0v) is 10.5. The van der Waals surface area contributed by atoms with Crippen LogP contribution in [0.2, 0.25) is 0 Å². The Balaban J connectivity index is 2.39. The molecular weight excluding hydrogens is 272 g/mol. The first-order valence-electron chi connectivity index (χ1n) is 5.06. The number of benzene rings is 1. The number of carbonyl (C=O) groups is 1. The Hall–Kier alpha value is -2.55. The van der Waals surface area contributed by atoms with E-state index in [4.69, 9.17) is 5.11 Å². The molecule has 2 aromatic rings. The summed E-state index contributed by atoms with van der Waals surface area (Å²) in [6.45, 7) is 1.70. The molecule has 0 saturated carbocycles. The van der Waals surface area contributed by atoms with E-state index in [1.165, 1.54) is 12.1 Å². The average molecular weight is 280 g/mol. The van der Waals surface area contributed by atoms with Gasteiger partial charge in [0.2, 0.25) is 5.13 Å². The van der Waals surface area contributed by atoms with Crippen molar-refractivity contribution in [1.82, 2.24) is 9.36 Å². The lowest BCUT2D eigenvalue weighted by Crippen LogP contribution is -2.01. The molecule has 0 atom stereocenters. The van der Waals surface area contributed by atoms with Crippen molar-refractivity contribution in [3.05, 3.63) is 39.7 Å². The molecule has 2 N–H and O–H groups in total. The third-order valence-corrected chi connectivity index (χ3v) is 2.93. The van der Waals surface area contributed by atoms with Crippen LogP contribution in [0, 0.1) is 17.0 Å². The molecule has 0 bridgehead atoms. The first kappa shape index (κ1) is 12.9. The lowest BCUT2D eigenvalue weighted by Gasteiger charge is -2.04. The SMILES string of the molecule is Cc1nsc(Nc2ccc(C(=O)O)cc2[N+](=O)[O-])n1. The molecule has 0 unspecified atom stereocenters. The zero-order chi connectivity index (χ0) is 14.0. The number of nitrogens with zero attached hydrogens (tertiary/aromatic N) is 3. The number of aromatic nitrogens is 2. The van der Waals surface area contributed by atoms with Crippen LogP contribution >= 0.6 is 11.5 Å². The van der Waals surface area contributed by atoms with Crippen molar-refractivity contribution in [2.75, 3.05) is 5.32 Å². The summed E-state index contributed by atoms with van der Waals surface area (Å²) in [4.78, 5) is 25.1. The van der Waals surface area contributed by atoms with Crippen molar-refractivity contribution in [1.29, 1.82) is 0 Å². The predicted molar refractivity (Wildman–Crippen MR) is 68.0 cm³/mol. The largest absolute Gasteiger partial charge is 0.478 e. The Kier molecular flexibility index (Phi) is 3.38. The Morgan fingerprint density at radius 1 is 1.53 bits per heavy atom. The van der Waals surface area contributed by atoms with Crippen molar-refractivity contribution >= 4 is 34.0 Å². The van der Waals surface area contributed by atoms with Crippen LogP contribution in [0.4, 0.5) is 16.5 Å². The standard InChI is InChI=1S/C10H8N4O4S/c1-5-11-10(19-13-5)12-7-3-2-6(9(15)16)4-8(7)14(17)18/h2-4H,1H3,(H,15,16)(H,11,12,13). The fourth-order valence-corrected chi connectivity index (χ4v) is 1.97. The fourth-order valence-electron chi connectivity index (χ4n) is 1.38. The van der Waals surface area contributed by atoms with Gasteiger partial charge in [-0.25, -0.2) is 9.78 Å². The molecule has 0 fully saturated rings. The minimum Gasteiger partial charge on any atom is -0.478 e. The van der Waals surface area contributed by atoms with E-state index in [1.807, 2.05) is 0 Å². The maximum atomic E-state index is 10.9. The molecule has 2 rings (SSSR count). The van der Waals surface area contributed by atoms with E-state index in [0.29, 0.717) is 11.0 Å². The summed E-state index contributed by atoms with van der Waals surface area (Å²) in [7, 11) is 0. The van der Waals surface area contributed by atoms with Crippen molar-refractivity contribution in [2.24, 2.45) is 0 Å². The van der Waals surface area contributed by atoms with Crippen LogP contribution in [0.1, 0.15) is 16.2 Å². The summed E-state index contributed by atoms with van der Waals surface area (Å²) in [5.41, 5.74) is -0.301. The van der Waals surface area contributed by atoms with Crippen LogP contribution in [0.3, 0.4) is 0 Å². The predicted octanol–water partition coefficient (Wildman–Crippen LogP) is 2.20. The van der Waals surface area contributed by atoms with Crippen molar-refractivity contribution in [3.8, 4) is 0 Å². The Morgan fingerprint density at radius 2 is 2.26 bits per heavy atom. The number of carboxylic acid groups (broad SMARTS) is 1. The highest BCUT2D eigenvalue weighted by molar-refractivity contribution is 7.09. The van der Waals surface area contributed by atoms with Gasteiger partial charge < -0.3 is 10.4 Å². The lowest BCUT2D eigenvalue weighted by atomic mass is 10.2. The third kappa shape index (κ3) is 2.83. The van der Waals surface area contributed by atoms with Crippen LogP contribution in [0.25, 0.3) is 0 Å². The number of nitro benzene ring substituents is 1. The van der Waals surface area contributed by atoms with E-state index in [1.54, 1.807) is 6.92 Å². The van der Waals surface area contributed by atoms with E-state index in [-0.39, 0.29) is 16.9 Å². The molecule has 0 radical (unpaired) electrons. The van der Waals surface area contributed by atoms with Gasteiger partial charge in [0.25, 0.3) is 5.69 Å². The highest BCUT2D eigenvalue weighted by Crippen LogP contribution is 2.29. The van der Waals surface area contributed by atoms with Crippen LogP contribution < -0.4 is 5.32 Å².